The highest BCUT2D eigenvalue weighted by Crippen LogP contribution is 2.24. The largest absolute Gasteiger partial charge is 0.0587 e. The quantitative estimate of drug-likeness (QED) is 0.565. The zero-order valence-corrected chi connectivity index (χ0v) is 14.0. The Morgan fingerprint density at radius 2 is 1.00 bits per heavy atom. The van der Waals surface area contributed by atoms with Crippen molar-refractivity contribution in [3.63, 3.8) is 0 Å². The molecule has 22 heavy (non-hydrogen) atoms. The minimum atomic E-state index is 1.10. The average molecular weight is 288 g/mol. The van der Waals surface area contributed by atoms with E-state index in [0.29, 0.717) is 0 Å². The van der Waals surface area contributed by atoms with Crippen molar-refractivity contribution in [2.45, 2.75) is 40.5 Å². The normalized spacial score (nSPS) is 19.3. The predicted octanol–water partition coefficient (Wildman–Crippen LogP) is 5.91. The first-order valence-electron chi connectivity index (χ1n) is 8.09. The second-order valence-corrected chi connectivity index (χ2v) is 6.54. The number of rotatable bonds is 0. The summed E-state index contributed by atoms with van der Waals surface area (Å²) in [6.45, 7) is 8.81. The van der Waals surface area contributed by atoms with Crippen molar-refractivity contribution in [1.29, 1.82) is 0 Å². The zero-order valence-electron chi connectivity index (χ0n) is 14.0. The Labute approximate surface area is 134 Å². The van der Waals surface area contributed by atoms with Gasteiger partial charge >= 0.3 is 0 Å². The van der Waals surface area contributed by atoms with Gasteiger partial charge in [0.05, 0.1) is 0 Å². The maximum Gasteiger partial charge on any atom is -0.0222 e. The van der Waals surface area contributed by atoms with E-state index in [4.69, 9.17) is 0 Å². The van der Waals surface area contributed by atoms with Gasteiger partial charge in [0, 0.05) is 0 Å². The van der Waals surface area contributed by atoms with Crippen LogP contribution in [0, 0.1) is 13.8 Å². The summed E-state index contributed by atoms with van der Waals surface area (Å²) >= 11 is 0. The Kier molecular flexibility index (Phi) is 4.02. The SMILES string of the molecule is CC1=C/c2cc(ccc2C)CCc2ccc(C)c(c2)/C=C\1C. The van der Waals surface area contributed by atoms with E-state index in [1.54, 1.807) is 0 Å². The summed E-state index contributed by atoms with van der Waals surface area (Å²) in [7, 11) is 0. The first-order chi connectivity index (χ1) is 10.5. The lowest BCUT2D eigenvalue weighted by molar-refractivity contribution is 0.956. The van der Waals surface area contributed by atoms with Crippen LogP contribution in [0.5, 0.6) is 0 Å². The molecule has 0 atom stereocenters. The first-order valence-corrected chi connectivity index (χ1v) is 8.09. The van der Waals surface area contributed by atoms with E-state index >= 15 is 0 Å². The molecule has 0 saturated heterocycles. The molecule has 0 N–H and O–H groups in total. The molecule has 0 heterocycles. The molecule has 0 radical (unpaired) electrons. The molecular weight excluding hydrogens is 264 g/mol. The van der Waals surface area contributed by atoms with Gasteiger partial charge in [-0.25, -0.2) is 0 Å². The molecule has 0 amide bonds. The van der Waals surface area contributed by atoms with Crippen molar-refractivity contribution in [3.05, 3.63) is 80.9 Å². The van der Waals surface area contributed by atoms with Gasteiger partial charge in [-0.1, -0.05) is 48.6 Å². The predicted molar refractivity (Wildman–Crippen MR) is 97.1 cm³/mol. The minimum Gasteiger partial charge on any atom is -0.0587 e. The molecule has 0 heteroatoms. The summed E-state index contributed by atoms with van der Waals surface area (Å²) in [5, 5.41) is 0. The molecule has 0 aromatic heterocycles. The maximum atomic E-state index is 2.35. The Morgan fingerprint density at radius 3 is 1.41 bits per heavy atom. The smallest absolute Gasteiger partial charge is 0.0222 e. The van der Waals surface area contributed by atoms with E-state index in [-0.39, 0.29) is 0 Å². The molecule has 0 spiro atoms. The molecule has 3 rings (SSSR count). The summed E-state index contributed by atoms with van der Waals surface area (Å²) < 4.78 is 0. The van der Waals surface area contributed by atoms with Crippen molar-refractivity contribution in [2.24, 2.45) is 0 Å². The third kappa shape index (κ3) is 3.06. The highest BCUT2D eigenvalue weighted by molar-refractivity contribution is 5.68. The summed E-state index contributed by atoms with van der Waals surface area (Å²) in [6, 6.07) is 13.7. The van der Waals surface area contributed by atoms with Crippen LogP contribution in [0.4, 0.5) is 0 Å². The molecule has 0 aliphatic heterocycles. The molecule has 0 nitrogen and oxygen atoms in total. The van der Waals surface area contributed by atoms with Crippen LogP contribution in [0.1, 0.15) is 47.2 Å². The van der Waals surface area contributed by atoms with Gasteiger partial charge in [0.15, 0.2) is 0 Å². The molecule has 1 aliphatic rings. The molecule has 0 fully saturated rings. The standard InChI is InChI=1S/C22H24/c1-15-5-7-19-9-10-20-8-6-16(2)22(14-20)12-18(4)17(3)11-21(15)13-19/h5-8,11-14H,9-10H2,1-4H3/b17-11-,18-12-. The Bertz CT molecular complexity index is 705. The summed E-state index contributed by atoms with van der Waals surface area (Å²) in [4.78, 5) is 0. The van der Waals surface area contributed by atoms with Gasteiger partial charge in [-0.05, 0) is 85.1 Å². The average Bonchev–Trinajstić information content (AvgIpc) is 2.49. The lowest BCUT2D eigenvalue weighted by Gasteiger charge is -2.12. The van der Waals surface area contributed by atoms with Crippen LogP contribution in [-0.4, -0.2) is 0 Å². The van der Waals surface area contributed by atoms with Gasteiger partial charge in [0.2, 0.25) is 0 Å². The second kappa shape index (κ2) is 5.96. The highest BCUT2D eigenvalue weighted by atomic mass is 14.1. The van der Waals surface area contributed by atoms with Crippen molar-refractivity contribution in [3.8, 4) is 0 Å². The van der Waals surface area contributed by atoms with Gasteiger partial charge in [0.1, 0.15) is 0 Å². The molecule has 0 saturated carbocycles. The number of hydrogen-bond acceptors (Lipinski definition) is 0. The number of aryl methyl sites for hydroxylation is 4. The van der Waals surface area contributed by atoms with E-state index in [2.05, 4.69) is 76.2 Å². The van der Waals surface area contributed by atoms with Gasteiger partial charge in [-0.2, -0.15) is 0 Å². The van der Waals surface area contributed by atoms with Crippen molar-refractivity contribution < 1.29 is 0 Å². The van der Waals surface area contributed by atoms with Crippen LogP contribution in [0.2, 0.25) is 0 Å². The summed E-state index contributed by atoms with van der Waals surface area (Å²) in [5.41, 5.74) is 10.9. The van der Waals surface area contributed by atoms with Crippen LogP contribution in [0.15, 0.2) is 47.5 Å². The monoisotopic (exact) mass is 288 g/mol. The Hall–Kier alpha value is -2.08. The van der Waals surface area contributed by atoms with Crippen LogP contribution in [0.3, 0.4) is 0 Å². The fourth-order valence-electron chi connectivity index (χ4n) is 2.98. The molecule has 1 aliphatic carbocycles. The van der Waals surface area contributed by atoms with E-state index in [9.17, 15) is 0 Å². The molecule has 112 valence electrons. The van der Waals surface area contributed by atoms with E-state index in [1.807, 2.05) is 0 Å². The van der Waals surface area contributed by atoms with Gasteiger partial charge in [-0.3, -0.25) is 0 Å². The van der Waals surface area contributed by atoms with Crippen molar-refractivity contribution >= 4 is 12.2 Å². The second-order valence-electron chi connectivity index (χ2n) is 6.54. The molecular formula is C22H24. The number of hydrogen-bond donors (Lipinski definition) is 0. The van der Waals surface area contributed by atoms with Gasteiger partial charge < -0.3 is 0 Å². The molecule has 4 bridgehead atoms. The molecule has 0 unspecified atom stereocenters. The maximum absolute atomic E-state index is 2.35. The fraction of sp³-hybridized carbons (Fsp3) is 0.273. The lowest BCUT2D eigenvalue weighted by atomic mass is 9.93. The van der Waals surface area contributed by atoms with E-state index < -0.39 is 0 Å². The first kappa shape index (κ1) is 14.8. The number of fused-ring (bicyclic) bond motifs is 4. The van der Waals surface area contributed by atoms with Crippen molar-refractivity contribution in [1.82, 2.24) is 0 Å². The lowest BCUT2D eigenvalue weighted by Crippen LogP contribution is -1.96. The summed E-state index contributed by atoms with van der Waals surface area (Å²) in [6.07, 6.45) is 6.85. The van der Waals surface area contributed by atoms with Crippen LogP contribution in [-0.2, 0) is 12.8 Å². The topological polar surface area (TPSA) is 0 Å². The number of benzene rings is 2. The fourth-order valence-corrected chi connectivity index (χ4v) is 2.98. The zero-order chi connectivity index (χ0) is 15.7. The minimum absolute atomic E-state index is 1.10. The highest BCUT2D eigenvalue weighted by Gasteiger charge is 2.05. The van der Waals surface area contributed by atoms with E-state index in [0.717, 1.165) is 12.8 Å². The Morgan fingerprint density at radius 1 is 0.591 bits per heavy atom. The number of allylic oxidation sites excluding steroid dienone is 2. The third-order valence-electron chi connectivity index (χ3n) is 4.76. The van der Waals surface area contributed by atoms with Crippen molar-refractivity contribution in [2.75, 3.05) is 0 Å². The Balaban J connectivity index is 2.18. The summed E-state index contributed by atoms with van der Waals surface area (Å²) in [5.74, 6) is 0. The van der Waals surface area contributed by atoms with Crippen LogP contribution >= 0.6 is 0 Å². The van der Waals surface area contributed by atoms with Crippen LogP contribution < -0.4 is 0 Å². The molecule has 2 aromatic rings. The third-order valence-corrected chi connectivity index (χ3v) is 4.76. The molecule has 2 aromatic carbocycles. The van der Waals surface area contributed by atoms with E-state index in [1.165, 1.54) is 44.5 Å². The van der Waals surface area contributed by atoms with Crippen LogP contribution in [0.25, 0.3) is 12.2 Å². The van der Waals surface area contributed by atoms with Gasteiger partial charge in [-0.15, -0.1) is 0 Å². The van der Waals surface area contributed by atoms with Gasteiger partial charge in [0.25, 0.3) is 0 Å².